The van der Waals surface area contributed by atoms with Crippen LogP contribution < -0.4 is 0 Å². The zero-order valence-electron chi connectivity index (χ0n) is 8.10. The largest absolute Gasteiger partial charge is 0.386 e. The lowest BCUT2D eigenvalue weighted by molar-refractivity contribution is 0.198. The molecule has 74 valence electrons. The lowest BCUT2D eigenvalue weighted by Crippen LogP contribution is -2.03. The molecule has 0 radical (unpaired) electrons. The van der Waals surface area contributed by atoms with Crippen LogP contribution in [0.5, 0.6) is 0 Å². The summed E-state index contributed by atoms with van der Waals surface area (Å²) in [5, 5.41) is 13.8. The predicted molar refractivity (Wildman–Crippen MR) is 55.8 cm³/mol. The summed E-state index contributed by atoms with van der Waals surface area (Å²) in [6.45, 7) is 2.14. The van der Waals surface area contributed by atoms with Crippen molar-refractivity contribution in [3.8, 4) is 0 Å². The van der Waals surface area contributed by atoms with Crippen molar-refractivity contribution in [2.24, 2.45) is 7.05 Å². The molecule has 1 aromatic heterocycles. The van der Waals surface area contributed by atoms with Crippen molar-refractivity contribution in [1.29, 1.82) is 0 Å². The SMILES string of the molecule is CCCSCC(O)c1ccn(C)n1. The monoisotopic (exact) mass is 200 g/mol. The summed E-state index contributed by atoms with van der Waals surface area (Å²) in [5.74, 6) is 1.84. The number of rotatable bonds is 5. The second kappa shape index (κ2) is 5.29. The van der Waals surface area contributed by atoms with E-state index in [1.54, 1.807) is 16.4 Å². The quantitative estimate of drug-likeness (QED) is 0.734. The molecule has 1 heterocycles. The highest BCUT2D eigenvalue weighted by Gasteiger charge is 2.09. The Bertz CT molecular complexity index is 250. The van der Waals surface area contributed by atoms with Gasteiger partial charge in [0.2, 0.25) is 0 Å². The Morgan fingerprint density at radius 3 is 3.00 bits per heavy atom. The smallest absolute Gasteiger partial charge is 0.107 e. The number of thioether (sulfide) groups is 1. The van der Waals surface area contributed by atoms with Gasteiger partial charge < -0.3 is 5.11 Å². The number of aromatic nitrogens is 2. The number of aliphatic hydroxyl groups is 1. The van der Waals surface area contributed by atoms with E-state index in [9.17, 15) is 5.11 Å². The van der Waals surface area contributed by atoms with Crippen LogP contribution in [0.3, 0.4) is 0 Å². The molecule has 0 bridgehead atoms. The molecule has 0 aliphatic rings. The fourth-order valence-electron chi connectivity index (χ4n) is 1.04. The van der Waals surface area contributed by atoms with Crippen molar-refractivity contribution in [3.05, 3.63) is 18.0 Å². The highest BCUT2D eigenvalue weighted by molar-refractivity contribution is 7.99. The lowest BCUT2D eigenvalue weighted by atomic mass is 10.3. The number of aliphatic hydroxyl groups excluding tert-OH is 1. The van der Waals surface area contributed by atoms with Gasteiger partial charge in [-0.15, -0.1) is 0 Å². The van der Waals surface area contributed by atoms with Gasteiger partial charge in [0.25, 0.3) is 0 Å². The topological polar surface area (TPSA) is 38.0 Å². The average Bonchev–Trinajstić information content (AvgIpc) is 2.52. The van der Waals surface area contributed by atoms with Crippen LogP contribution in [0, 0.1) is 0 Å². The second-order valence-electron chi connectivity index (χ2n) is 3.00. The number of nitrogens with zero attached hydrogens (tertiary/aromatic N) is 2. The van der Waals surface area contributed by atoms with Crippen molar-refractivity contribution in [3.63, 3.8) is 0 Å². The minimum absolute atomic E-state index is 0.419. The Morgan fingerprint density at radius 2 is 2.46 bits per heavy atom. The Kier molecular flexibility index (Phi) is 4.32. The molecule has 1 rings (SSSR count). The third-order valence-electron chi connectivity index (χ3n) is 1.70. The van der Waals surface area contributed by atoms with E-state index in [-0.39, 0.29) is 0 Å². The first-order valence-electron chi connectivity index (χ1n) is 4.49. The van der Waals surface area contributed by atoms with Crippen molar-refractivity contribution >= 4 is 11.8 Å². The summed E-state index contributed by atoms with van der Waals surface area (Å²) < 4.78 is 1.71. The minimum Gasteiger partial charge on any atom is -0.386 e. The van der Waals surface area contributed by atoms with Crippen LogP contribution in [0.4, 0.5) is 0 Å². The van der Waals surface area contributed by atoms with Gasteiger partial charge in [-0.05, 0) is 18.2 Å². The number of aryl methyl sites for hydroxylation is 1. The molecule has 1 unspecified atom stereocenters. The minimum atomic E-state index is -0.419. The first kappa shape index (κ1) is 10.6. The maximum absolute atomic E-state index is 9.66. The molecule has 0 saturated heterocycles. The Morgan fingerprint density at radius 1 is 1.69 bits per heavy atom. The zero-order valence-corrected chi connectivity index (χ0v) is 8.92. The Balaban J connectivity index is 2.35. The van der Waals surface area contributed by atoms with Gasteiger partial charge in [0.05, 0.1) is 5.69 Å². The van der Waals surface area contributed by atoms with Crippen molar-refractivity contribution in [2.75, 3.05) is 11.5 Å². The van der Waals surface area contributed by atoms with E-state index in [1.165, 1.54) is 0 Å². The molecule has 3 nitrogen and oxygen atoms in total. The third kappa shape index (κ3) is 3.40. The van der Waals surface area contributed by atoms with Crippen molar-refractivity contribution < 1.29 is 5.11 Å². The molecule has 0 aliphatic carbocycles. The van der Waals surface area contributed by atoms with Gasteiger partial charge in [0, 0.05) is 19.0 Å². The molecule has 0 spiro atoms. The van der Waals surface area contributed by atoms with Gasteiger partial charge in [0.15, 0.2) is 0 Å². The zero-order chi connectivity index (χ0) is 9.68. The van der Waals surface area contributed by atoms with Gasteiger partial charge >= 0.3 is 0 Å². The summed E-state index contributed by atoms with van der Waals surface area (Å²) in [4.78, 5) is 0. The standard InChI is InChI=1S/C9H16N2OS/c1-3-6-13-7-9(12)8-4-5-11(2)10-8/h4-5,9,12H,3,6-7H2,1-2H3. The fraction of sp³-hybridized carbons (Fsp3) is 0.667. The van der Waals surface area contributed by atoms with Crippen LogP contribution >= 0.6 is 11.8 Å². The molecule has 1 N–H and O–H groups in total. The maximum atomic E-state index is 9.66. The molecule has 0 fully saturated rings. The van der Waals surface area contributed by atoms with Gasteiger partial charge in [-0.2, -0.15) is 16.9 Å². The summed E-state index contributed by atoms with van der Waals surface area (Å²) in [5.41, 5.74) is 0.770. The third-order valence-corrected chi connectivity index (χ3v) is 2.95. The van der Waals surface area contributed by atoms with Crippen LogP contribution in [0.1, 0.15) is 25.1 Å². The molecule has 0 saturated carbocycles. The van der Waals surface area contributed by atoms with Crippen LogP contribution in [0.15, 0.2) is 12.3 Å². The summed E-state index contributed by atoms with van der Waals surface area (Å²) in [6.07, 6.45) is 2.58. The van der Waals surface area contributed by atoms with Crippen molar-refractivity contribution in [1.82, 2.24) is 9.78 Å². The molecule has 0 aromatic carbocycles. The van der Waals surface area contributed by atoms with E-state index >= 15 is 0 Å². The molecule has 4 heteroatoms. The summed E-state index contributed by atoms with van der Waals surface area (Å²) >= 11 is 1.77. The highest BCUT2D eigenvalue weighted by atomic mass is 32.2. The molecule has 0 aliphatic heterocycles. The molecular formula is C9H16N2OS. The van der Waals surface area contributed by atoms with Crippen LogP contribution in [-0.2, 0) is 7.05 Å². The van der Waals surface area contributed by atoms with E-state index in [0.29, 0.717) is 0 Å². The van der Waals surface area contributed by atoms with E-state index in [4.69, 9.17) is 0 Å². The normalized spacial score (nSPS) is 13.2. The molecule has 1 atom stereocenters. The van der Waals surface area contributed by atoms with E-state index in [1.807, 2.05) is 19.3 Å². The fourth-order valence-corrected chi connectivity index (χ4v) is 1.88. The average molecular weight is 200 g/mol. The Hall–Kier alpha value is -0.480. The predicted octanol–water partition coefficient (Wildman–Crippen LogP) is 1.60. The summed E-state index contributed by atoms with van der Waals surface area (Å²) in [7, 11) is 1.86. The molecule has 0 amide bonds. The first-order chi connectivity index (χ1) is 6.24. The van der Waals surface area contributed by atoms with Crippen molar-refractivity contribution in [2.45, 2.75) is 19.4 Å². The number of hydrogen-bond acceptors (Lipinski definition) is 3. The second-order valence-corrected chi connectivity index (χ2v) is 4.15. The van der Waals surface area contributed by atoms with E-state index in [2.05, 4.69) is 12.0 Å². The van der Waals surface area contributed by atoms with Crippen LogP contribution in [-0.4, -0.2) is 26.4 Å². The first-order valence-corrected chi connectivity index (χ1v) is 5.65. The summed E-state index contributed by atoms with van der Waals surface area (Å²) in [6, 6.07) is 1.86. The van der Waals surface area contributed by atoms with E-state index in [0.717, 1.165) is 23.6 Å². The molecule has 13 heavy (non-hydrogen) atoms. The van der Waals surface area contributed by atoms with Crippen LogP contribution in [0.25, 0.3) is 0 Å². The van der Waals surface area contributed by atoms with Gasteiger partial charge in [-0.3, -0.25) is 4.68 Å². The maximum Gasteiger partial charge on any atom is 0.107 e. The van der Waals surface area contributed by atoms with Crippen LogP contribution in [0.2, 0.25) is 0 Å². The van der Waals surface area contributed by atoms with Gasteiger partial charge in [-0.1, -0.05) is 6.92 Å². The van der Waals surface area contributed by atoms with E-state index < -0.39 is 6.10 Å². The number of hydrogen-bond donors (Lipinski definition) is 1. The van der Waals surface area contributed by atoms with Gasteiger partial charge in [0.1, 0.15) is 6.10 Å². The highest BCUT2D eigenvalue weighted by Crippen LogP contribution is 2.16. The Labute approximate surface area is 83.1 Å². The lowest BCUT2D eigenvalue weighted by Gasteiger charge is -2.05. The molecule has 1 aromatic rings. The molecular weight excluding hydrogens is 184 g/mol. The van der Waals surface area contributed by atoms with Gasteiger partial charge in [-0.25, -0.2) is 0 Å².